The number of hydrogen-bond acceptors (Lipinski definition) is 18. The van der Waals surface area contributed by atoms with Gasteiger partial charge in [0.25, 0.3) is 7.82 Å². The number of amides is 2. The van der Waals surface area contributed by atoms with Gasteiger partial charge >= 0.3 is 47.6 Å². The Morgan fingerprint density at radius 2 is 1.19 bits per heavy atom. The van der Waals surface area contributed by atoms with Crippen LogP contribution < -0.4 is 49.8 Å². The van der Waals surface area contributed by atoms with Crippen LogP contribution in [-0.4, -0.2) is 131 Å². The van der Waals surface area contributed by atoms with Crippen molar-refractivity contribution in [3.63, 3.8) is 0 Å². The summed E-state index contributed by atoms with van der Waals surface area (Å²) in [5, 5.41) is 4.96. The van der Waals surface area contributed by atoms with E-state index in [2.05, 4.69) is 27.5 Å². The summed E-state index contributed by atoms with van der Waals surface area (Å²) in [7, 11) is -4.88. The molecular weight excluding hydrogens is 1020 g/mol. The van der Waals surface area contributed by atoms with Gasteiger partial charge in [-0.25, -0.2) is 14.8 Å². The van der Waals surface area contributed by atoms with E-state index in [9.17, 15) is 28.6 Å². The van der Waals surface area contributed by atoms with Crippen LogP contribution in [0.15, 0.2) is 73.1 Å². The predicted molar refractivity (Wildman–Crippen MR) is 284 cm³/mol. The molecule has 4 rings (SSSR count). The standard InChI is InChI=1S/C55H80N5O15P.Na/c1-3-4-5-6-7-8-9-10-11-12-13-14-15-16-17-22-54(63)72-41-48(75-44(2)61)42-74-76(65,66)73-32-30-57-55(64)71-38-36-69-43-52(62)56-29-31-67-33-34-68-35-37-70-53-28-27-47(39-59-53)45-23-25-46(26-24-45)51-40-58-49-20-18-19-21-50(49)60-51;/h18-21,23-28,39-40,48H,3-17,22,29-38,41-43H2,1-2H3,(H,56,62)(H,57,64)(H,65,66);/q;+1/p-1. The fraction of sp³-hybridized carbons (Fsp3) is 0.582. The van der Waals surface area contributed by atoms with Crippen molar-refractivity contribution >= 4 is 42.8 Å². The van der Waals surface area contributed by atoms with E-state index in [-0.39, 0.29) is 88.0 Å². The maximum absolute atomic E-state index is 12.3. The Labute approximate surface area is 476 Å². The van der Waals surface area contributed by atoms with E-state index in [0.717, 1.165) is 59.6 Å². The first-order valence-electron chi connectivity index (χ1n) is 26.8. The van der Waals surface area contributed by atoms with Gasteiger partial charge in [0.05, 0.1) is 69.2 Å². The molecule has 2 aromatic heterocycles. The molecule has 0 saturated heterocycles. The van der Waals surface area contributed by atoms with Crippen molar-refractivity contribution in [2.24, 2.45) is 0 Å². The third kappa shape index (κ3) is 31.6. The van der Waals surface area contributed by atoms with Crippen molar-refractivity contribution in [1.29, 1.82) is 0 Å². The van der Waals surface area contributed by atoms with E-state index < -0.39 is 45.2 Å². The van der Waals surface area contributed by atoms with Gasteiger partial charge in [0.15, 0.2) is 6.10 Å². The Bertz CT molecular complexity index is 2300. The Balaban J connectivity index is 0.0000156. The van der Waals surface area contributed by atoms with E-state index in [1.165, 1.54) is 70.6 Å². The molecule has 2 atom stereocenters. The third-order valence-electron chi connectivity index (χ3n) is 11.6. The van der Waals surface area contributed by atoms with E-state index >= 15 is 0 Å². The van der Waals surface area contributed by atoms with Gasteiger partial charge in [-0.1, -0.05) is 133 Å². The molecule has 0 fully saturated rings. The molecule has 0 bridgehead atoms. The Morgan fingerprint density at radius 1 is 0.597 bits per heavy atom. The van der Waals surface area contributed by atoms with Crippen molar-refractivity contribution < 1.29 is 100 Å². The minimum atomic E-state index is -4.88. The predicted octanol–water partition coefficient (Wildman–Crippen LogP) is 5.87. The molecule has 2 aromatic carbocycles. The summed E-state index contributed by atoms with van der Waals surface area (Å²) in [5.74, 6) is -1.10. The van der Waals surface area contributed by atoms with Crippen molar-refractivity contribution in [1.82, 2.24) is 25.6 Å². The Kier molecular flexibility index (Phi) is 35.9. The number of nitrogens with one attached hydrogen (secondary N) is 2. The first-order chi connectivity index (χ1) is 37.0. The number of unbranched alkanes of at least 4 members (excludes halogenated alkanes) is 14. The van der Waals surface area contributed by atoms with Crippen LogP contribution in [0.2, 0.25) is 0 Å². The number of hydrogen-bond donors (Lipinski definition) is 2. The maximum Gasteiger partial charge on any atom is 1.00 e. The van der Waals surface area contributed by atoms with Crippen LogP contribution in [0.4, 0.5) is 4.79 Å². The SMILES string of the molecule is CCCCCCCCCCCCCCCCCC(=O)OCC(COP(=O)([O-])OCCNC(=O)OCCOCC(=O)NCCOCCOCCOc1ccc(-c2ccc(-c3cnc4ccccc4n3)cc2)cn1)OC(C)=O.[Na+]. The average molecular weight is 1100 g/mol. The minimum absolute atomic E-state index is 0. The number of fused-ring (bicyclic) bond motifs is 1. The van der Waals surface area contributed by atoms with Crippen molar-refractivity contribution in [2.45, 2.75) is 123 Å². The topological polar surface area (TPSA) is 254 Å². The summed E-state index contributed by atoms with van der Waals surface area (Å²) in [6, 6.07) is 19.6. The molecular formula is C55H79N5NaO15P. The number of benzene rings is 2. The number of pyridine rings is 1. The molecule has 2 N–H and O–H groups in total. The molecule has 0 aliphatic heterocycles. The van der Waals surface area contributed by atoms with Gasteiger partial charge in [0, 0.05) is 49.8 Å². The first-order valence-corrected chi connectivity index (χ1v) is 28.2. The van der Waals surface area contributed by atoms with Crippen LogP contribution in [-0.2, 0) is 56.4 Å². The van der Waals surface area contributed by atoms with Gasteiger partial charge in [-0.05, 0) is 30.2 Å². The van der Waals surface area contributed by atoms with E-state index in [0.29, 0.717) is 38.7 Å². The molecule has 2 amide bonds. The number of nitrogens with zero attached hydrogens (tertiary/aromatic N) is 3. The fourth-order valence-electron chi connectivity index (χ4n) is 7.59. The molecule has 0 aliphatic rings. The summed E-state index contributed by atoms with van der Waals surface area (Å²) in [5.41, 5.74) is 5.45. The Hall–Kier alpha value is -4.60. The van der Waals surface area contributed by atoms with Crippen LogP contribution in [0.5, 0.6) is 5.88 Å². The second-order valence-electron chi connectivity index (χ2n) is 17.9. The summed E-state index contributed by atoms with van der Waals surface area (Å²) >= 11 is 0. The number of phosphoric ester groups is 1. The molecule has 0 aliphatic carbocycles. The molecule has 0 saturated carbocycles. The van der Waals surface area contributed by atoms with Gasteiger partial charge in [0.2, 0.25) is 11.8 Å². The van der Waals surface area contributed by atoms with Crippen molar-refractivity contribution in [2.75, 3.05) is 85.8 Å². The van der Waals surface area contributed by atoms with Crippen LogP contribution in [0.1, 0.15) is 117 Å². The summed E-state index contributed by atoms with van der Waals surface area (Å²) < 4.78 is 59.0. The van der Waals surface area contributed by atoms with Gasteiger partial charge in [0.1, 0.15) is 26.4 Å². The van der Waals surface area contributed by atoms with Crippen LogP contribution >= 0.6 is 7.82 Å². The van der Waals surface area contributed by atoms with E-state index in [1.807, 2.05) is 60.7 Å². The summed E-state index contributed by atoms with van der Waals surface area (Å²) in [6.45, 7) is 2.91. The second-order valence-corrected chi connectivity index (χ2v) is 19.3. The molecule has 20 nitrogen and oxygen atoms in total. The van der Waals surface area contributed by atoms with Crippen LogP contribution in [0.3, 0.4) is 0 Å². The molecule has 0 spiro atoms. The van der Waals surface area contributed by atoms with Crippen LogP contribution in [0, 0.1) is 0 Å². The number of aromatic nitrogens is 3. The number of rotatable bonds is 43. The van der Waals surface area contributed by atoms with Crippen molar-refractivity contribution in [3.05, 3.63) is 73.1 Å². The van der Waals surface area contributed by atoms with E-state index in [1.54, 1.807) is 12.4 Å². The first kappa shape index (κ1) is 66.7. The summed E-state index contributed by atoms with van der Waals surface area (Å²) in [6.07, 6.45) is 19.8. The number of esters is 2. The molecule has 0 radical (unpaired) electrons. The molecule has 2 heterocycles. The largest absolute Gasteiger partial charge is 1.00 e. The minimum Gasteiger partial charge on any atom is -0.756 e. The van der Waals surface area contributed by atoms with Crippen molar-refractivity contribution in [3.8, 4) is 28.3 Å². The number of alkyl carbamates (subject to hydrolysis) is 1. The number of para-hydroxylation sites is 2. The van der Waals surface area contributed by atoms with Gasteiger partial charge in [-0.15, -0.1) is 0 Å². The third-order valence-corrected chi connectivity index (χ3v) is 12.6. The molecule has 2 unspecified atom stereocenters. The molecule has 77 heavy (non-hydrogen) atoms. The maximum atomic E-state index is 12.3. The average Bonchev–Trinajstić information content (AvgIpc) is 3.42. The monoisotopic (exact) mass is 1100 g/mol. The Morgan fingerprint density at radius 3 is 1.86 bits per heavy atom. The number of carbonyl (C=O) groups excluding carboxylic acids is 4. The number of ether oxygens (including phenoxy) is 7. The normalized spacial score (nSPS) is 12.2. The van der Waals surface area contributed by atoms with Gasteiger partial charge in [-0.2, -0.15) is 0 Å². The zero-order valence-corrected chi connectivity index (χ0v) is 48.3. The summed E-state index contributed by atoms with van der Waals surface area (Å²) in [4.78, 5) is 73.7. The molecule has 4 aromatic rings. The zero-order valence-electron chi connectivity index (χ0n) is 45.4. The van der Waals surface area contributed by atoms with Gasteiger partial charge < -0.3 is 57.7 Å². The smallest absolute Gasteiger partial charge is 0.756 e. The van der Waals surface area contributed by atoms with Crippen LogP contribution in [0.25, 0.3) is 33.4 Å². The quantitative estimate of drug-likeness (QED) is 0.0173. The molecule has 22 heteroatoms. The van der Waals surface area contributed by atoms with E-state index in [4.69, 9.17) is 47.2 Å². The number of phosphoric acid groups is 1. The molecule has 420 valence electrons. The van der Waals surface area contributed by atoms with Gasteiger partial charge in [-0.3, -0.25) is 23.9 Å². The fourth-order valence-corrected chi connectivity index (χ4v) is 8.33. The second kappa shape index (κ2) is 41.4. The zero-order chi connectivity index (χ0) is 54.3. The number of carbonyl (C=O) groups is 4.